The minimum atomic E-state index is -3.95. The molecule has 0 aromatic heterocycles. The Balaban J connectivity index is 1.53. The first-order valence-electron chi connectivity index (χ1n) is 13.9. The molecule has 2 saturated heterocycles. The molecule has 0 radical (unpaired) electrons. The molecule has 2 aromatic carbocycles. The van der Waals surface area contributed by atoms with E-state index in [0.29, 0.717) is 31.1 Å². The summed E-state index contributed by atoms with van der Waals surface area (Å²) in [7, 11) is -2.39. The van der Waals surface area contributed by atoms with Gasteiger partial charge in [-0.25, -0.2) is 13.2 Å². The number of sulfonamides is 1. The molecule has 5 atom stereocenters. The van der Waals surface area contributed by atoms with Crippen LogP contribution < -0.4 is 15.8 Å². The van der Waals surface area contributed by atoms with Gasteiger partial charge in [-0.05, 0) is 60.7 Å². The van der Waals surface area contributed by atoms with Gasteiger partial charge in [-0.2, -0.15) is 4.31 Å². The number of aliphatic hydroxyl groups excluding tert-OH is 1. The average Bonchev–Trinajstić information content (AvgIpc) is 3.43. The number of benzene rings is 2. The Bertz CT molecular complexity index is 1240. The third-order valence-electron chi connectivity index (χ3n) is 7.36. The summed E-state index contributed by atoms with van der Waals surface area (Å²) in [6, 6.07) is 12.3. The predicted molar refractivity (Wildman–Crippen MR) is 153 cm³/mol. The second kappa shape index (κ2) is 13.8. The smallest absolute Gasteiger partial charge is 0.407 e. The Hall–Kier alpha value is -2.90. The van der Waals surface area contributed by atoms with E-state index in [4.69, 9.17) is 24.7 Å². The van der Waals surface area contributed by atoms with Gasteiger partial charge in [0.2, 0.25) is 10.0 Å². The summed E-state index contributed by atoms with van der Waals surface area (Å²) in [5.41, 5.74) is 7.03. The van der Waals surface area contributed by atoms with Crippen LogP contribution in [-0.2, 0) is 30.7 Å². The van der Waals surface area contributed by atoms with Crippen molar-refractivity contribution in [2.24, 2.45) is 11.8 Å². The number of nitrogen functional groups attached to an aromatic ring is 1. The number of anilines is 1. The van der Waals surface area contributed by atoms with E-state index in [0.717, 1.165) is 12.0 Å². The van der Waals surface area contributed by atoms with Crippen LogP contribution in [0.4, 0.5) is 10.5 Å². The zero-order chi connectivity index (χ0) is 29.6. The van der Waals surface area contributed by atoms with Crippen LogP contribution in [-0.4, -0.2) is 81.9 Å². The summed E-state index contributed by atoms with van der Waals surface area (Å²) in [6.07, 6.45) is -1.18. The number of nitrogens with two attached hydrogens (primary N) is 1. The number of fused-ring (bicyclic) bond motifs is 1. The number of alkyl carbamates (subject to hydrolysis) is 1. The highest BCUT2D eigenvalue weighted by Crippen LogP contribution is 2.32. The maximum Gasteiger partial charge on any atom is 0.407 e. The molecule has 1 amide bonds. The maximum atomic E-state index is 13.6. The highest BCUT2D eigenvalue weighted by molar-refractivity contribution is 7.89. The van der Waals surface area contributed by atoms with E-state index in [2.05, 4.69) is 5.32 Å². The number of methoxy groups -OCH3 is 1. The number of carbonyl (C=O) groups excluding carboxylic acids is 1. The zero-order valence-corrected chi connectivity index (χ0v) is 24.6. The molecule has 0 spiro atoms. The normalized spacial score (nSPS) is 22.2. The number of amides is 1. The van der Waals surface area contributed by atoms with Gasteiger partial charge < -0.3 is 35.1 Å². The highest BCUT2D eigenvalue weighted by atomic mass is 32.2. The van der Waals surface area contributed by atoms with Crippen LogP contribution in [0.25, 0.3) is 0 Å². The largest absolute Gasteiger partial charge is 0.497 e. The molecular weight excluding hydrogens is 550 g/mol. The lowest BCUT2D eigenvalue weighted by molar-refractivity contribution is -0.179. The Morgan fingerprint density at radius 3 is 2.37 bits per heavy atom. The number of nitrogens with one attached hydrogen (secondary N) is 1. The molecule has 2 aliphatic rings. The van der Waals surface area contributed by atoms with E-state index < -0.39 is 28.3 Å². The molecule has 226 valence electrons. The van der Waals surface area contributed by atoms with Crippen molar-refractivity contribution in [2.45, 2.75) is 62.5 Å². The number of carbonyl (C=O) groups is 1. The molecule has 0 aliphatic carbocycles. The average molecular weight is 592 g/mol. The molecule has 0 bridgehead atoms. The fraction of sp³-hybridized carbons (Fsp3) is 0.552. The van der Waals surface area contributed by atoms with Crippen molar-refractivity contribution in [1.29, 1.82) is 0 Å². The van der Waals surface area contributed by atoms with Crippen molar-refractivity contribution in [3.8, 4) is 5.75 Å². The summed E-state index contributed by atoms with van der Waals surface area (Å²) in [4.78, 5) is 13.2. The van der Waals surface area contributed by atoms with Crippen LogP contribution in [0.2, 0.25) is 0 Å². The van der Waals surface area contributed by atoms with Crippen molar-refractivity contribution in [1.82, 2.24) is 9.62 Å². The second-order valence-corrected chi connectivity index (χ2v) is 12.9. The topological polar surface area (TPSA) is 150 Å². The standard InChI is InChI=1S/C29H41N3O8S/c1-19(2)17-32(41(35,36)23-10-6-21(30)7-11-23)18-26(33)25(16-20-4-8-22(37-3)9-5-20)31-29(34)40-27-13-15-39-28-24(27)12-14-38-28/h4-11,19,24-28,33H,12-18,30H2,1-3H3,(H,31,34). The van der Waals surface area contributed by atoms with Gasteiger partial charge in [-0.1, -0.05) is 26.0 Å². The van der Waals surface area contributed by atoms with Gasteiger partial charge in [-0.15, -0.1) is 0 Å². The molecule has 2 aliphatic heterocycles. The van der Waals surface area contributed by atoms with Crippen LogP contribution in [0.5, 0.6) is 5.75 Å². The lowest BCUT2D eigenvalue weighted by Gasteiger charge is -2.33. The van der Waals surface area contributed by atoms with Gasteiger partial charge in [0.15, 0.2) is 6.29 Å². The number of hydrogen-bond acceptors (Lipinski definition) is 9. The highest BCUT2D eigenvalue weighted by Gasteiger charge is 2.41. The molecule has 2 aromatic rings. The van der Waals surface area contributed by atoms with Crippen molar-refractivity contribution < 1.29 is 37.3 Å². The van der Waals surface area contributed by atoms with Gasteiger partial charge in [-0.3, -0.25) is 0 Å². The summed E-state index contributed by atoms with van der Waals surface area (Å²) in [5, 5.41) is 14.3. The zero-order valence-electron chi connectivity index (χ0n) is 23.8. The summed E-state index contributed by atoms with van der Waals surface area (Å²) in [5.74, 6) is 0.605. The van der Waals surface area contributed by atoms with Crippen LogP contribution in [0.1, 0.15) is 32.3 Å². The van der Waals surface area contributed by atoms with Crippen molar-refractivity contribution in [3.63, 3.8) is 0 Å². The quantitative estimate of drug-likeness (QED) is 0.317. The minimum absolute atomic E-state index is 0.0150. The van der Waals surface area contributed by atoms with Gasteiger partial charge in [0, 0.05) is 31.1 Å². The van der Waals surface area contributed by atoms with Crippen molar-refractivity contribution in [2.75, 3.05) is 39.1 Å². The van der Waals surface area contributed by atoms with Crippen molar-refractivity contribution >= 4 is 21.8 Å². The summed E-state index contributed by atoms with van der Waals surface area (Å²) >= 11 is 0. The van der Waals surface area contributed by atoms with E-state index >= 15 is 0 Å². The Morgan fingerprint density at radius 1 is 1.07 bits per heavy atom. The minimum Gasteiger partial charge on any atom is -0.497 e. The van der Waals surface area contributed by atoms with Gasteiger partial charge in [0.05, 0.1) is 37.4 Å². The summed E-state index contributed by atoms with van der Waals surface area (Å²) < 4.78 is 50.7. The van der Waals surface area contributed by atoms with Gasteiger partial charge >= 0.3 is 6.09 Å². The Kier molecular flexibility index (Phi) is 10.5. The second-order valence-electron chi connectivity index (χ2n) is 11.0. The molecule has 0 saturated carbocycles. The first-order valence-corrected chi connectivity index (χ1v) is 15.4. The van der Waals surface area contributed by atoms with Crippen LogP contribution in [0, 0.1) is 11.8 Å². The Labute approximate surface area is 242 Å². The molecule has 4 N–H and O–H groups in total. The van der Waals surface area contributed by atoms with E-state index in [-0.39, 0.29) is 48.6 Å². The number of aliphatic hydroxyl groups is 1. The molecule has 41 heavy (non-hydrogen) atoms. The van der Waals surface area contributed by atoms with Gasteiger partial charge in [0.1, 0.15) is 11.9 Å². The molecule has 11 nitrogen and oxygen atoms in total. The van der Waals surface area contributed by atoms with Crippen molar-refractivity contribution in [3.05, 3.63) is 54.1 Å². The number of nitrogens with zero attached hydrogens (tertiary/aromatic N) is 1. The maximum absolute atomic E-state index is 13.6. The number of hydrogen-bond donors (Lipinski definition) is 3. The number of rotatable bonds is 12. The van der Waals surface area contributed by atoms with Crippen LogP contribution in [0.15, 0.2) is 53.4 Å². The molecule has 2 heterocycles. The Morgan fingerprint density at radius 2 is 1.73 bits per heavy atom. The van der Waals surface area contributed by atoms with E-state index in [9.17, 15) is 18.3 Å². The van der Waals surface area contributed by atoms with Crippen LogP contribution >= 0.6 is 0 Å². The third kappa shape index (κ3) is 8.10. The predicted octanol–water partition coefficient (Wildman–Crippen LogP) is 2.77. The monoisotopic (exact) mass is 591 g/mol. The van der Waals surface area contributed by atoms with E-state index in [1.807, 2.05) is 26.0 Å². The third-order valence-corrected chi connectivity index (χ3v) is 9.21. The molecule has 5 unspecified atom stereocenters. The van der Waals surface area contributed by atoms with E-state index in [1.165, 1.54) is 28.6 Å². The first kappa shape index (κ1) is 31.0. The molecule has 12 heteroatoms. The lowest BCUT2D eigenvalue weighted by Crippen LogP contribution is -2.52. The first-order chi connectivity index (χ1) is 19.6. The molecule has 4 rings (SSSR count). The fourth-order valence-electron chi connectivity index (χ4n) is 5.20. The fourth-order valence-corrected chi connectivity index (χ4v) is 6.82. The number of ether oxygens (including phenoxy) is 4. The lowest BCUT2D eigenvalue weighted by atomic mass is 9.95. The van der Waals surface area contributed by atoms with Crippen LogP contribution in [0.3, 0.4) is 0 Å². The van der Waals surface area contributed by atoms with Gasteiger partial charge in [0.25, 0.3) is 0 Å². The van der Waals surface area contributed by atoms with E-state index in [1.54, 1.807) is 19.2 Å². The summed E-state index contributed by atoms with van der Waals surface area (Å²) in [6.45, 7) is 4.71. The molecule has 2 fully saturated rings. The SMILES string of the molecule is COc1ccc(CC(NC(=O)OC2CCOC3OCCC23)C(O)CN(CC(C)C)S(=O)(=O)c2ccc(N)cc2)cc1. The molecular formula is C29H41N3O8S.